The fourth-order valence-corrected chi connectivity index (χ4v) is 2.94. The molecule has 27 heavy (non-hydrogen) atoms. The van der Waals surface area contributed by atoms with Crippen LogP contribution in [0.4, 0.5) is 5.69 Å². The lowest BCUT2D eigenvalue weighted by Crippen LogP contribution is -2.47. The molecular formula is C19H20ClN3O4. The molecule has 2 rings (SSSR count). The summed E-state index contributed by atoms with van der Waals surface area (Å²) in [6, 6.07) is 12.3. The van der Waals surface area contributed by atoms with Crippen molar-refractivity contribution in [2.45, 2.75) is 25.9 Å². The first-order chi connectivity index (χ1) is 12.8. The molecule has 0 saturated heterocycles. The highest BCUT2D eigenvalue weighted by Crippen LogP contribution is 2.21. The second-order valence-electron chi connectivity index (χ2n) is 6.00. The molecule has 142 valence electrons. The Bertz CT molecular complexity index is 856. The lowest BCUT2D eigenvalue weighted by Gasteiger charge is -2.28. The maximum absolute atomic E-state index is 12.9. The van der Waals surface area contributed by atoms with Gasteiger partial charge in [-0.3, -0.25) is 19.7 Å². The predicted molar refractivity (Wildman–Crippen MR) is 102 cm³/mol. The van der Waals surface area contributed by atoms with Crippen molar-refractivity contribution in [1.82, 2.24) is 10.2 Å². The third-order valence-corrected chi connectivity index (χ3v) is 4.42. The second kappa shape index (κ2) is 9.14. The fourth-order valence-electron chi connectivity index (χ4n) is 2.73. The first-order valence-corrected chi connectivity index (χ1v) is 8.69. The number of amides is 2. The third-order valence-electron chi connectivity index (χ3n) is 4.19. The average Bonchev–Trinajstić information content (AvgIpc) is 2.65. The zero-order chi connectivity index (χ0) is 20.0. The van der Waals surface area contributed by atoms with E-state index in [1.54, 1.807) is 43.3 Å². The minimum Gasteiger partial charge on any atom is -0.357 e. The zero-order valence-corrected chi connectivity index (χ0v) is 15.8. The Morgan fingerprint density at radius 3 is 2.56 bits per heavy atom. The topological polar surface area (TPSA) is 92.6 Å². The van der Waals surface area contributed by atoms with Gasteiger partial charge in [-0.1, -0.05) is 41.9 Å². The van der Waals surface area contributed by atoms with Gasteiger partial charge in [0.2, 0.25) is 11.8 Å². The molecule has 0 heterocycles. The molecule has 0 saturated carbocycles. The van der Waals surface area contributed by atoms with E-state index in [1.165, 1.54) is 24.1 Å². The SMILES string of the molecule is CNC(=O)[C@@H](C)N(Cc1cccc(Cl)c1)C(=O)Cc1ccccc1[N+](=O)[O-]. The van der Waals surface area contributed by atoms with Gasteiger partial charge in [-0.15, -0.1) is 0 Å². The molecule has 0 aliphatic carbocycles. The second-order valence-corrected chi connectivity index (χ2v) is 6.44. The summed E-state index contributed by atoms with van der Waals surface area (Å²) in [7, 11) is 1.49. The van der Waals surface area contributed by atoms with Crippen molar-refractivity contribution in [1.29, 1.82) is 0 Å². The van der Waals surface area contributed by atoms with Crippen LogP contribution >= 0.6 is 11.6 Å². The molecule has 7 nitrogen and oxygen atoms in total. The van der Waals surface area contributed by atoms with Gasteiger partial charge in [-0.25, -0.2) is 0 Å². The van der Waals surface area contributed by atoms with Crippen molar-refractivity contribution in [3.8, 4) is 0 Å². The summed E-state index contributed by atoms with van der Waals surface area (Å²) in [5.74, 6) is -0.715. The Morgan fingerprint density at radius 2 is 1.93 bits per heavy atom. The van der Waals surface area contributed by atoms with Gasteiger partial charge in [0.15, 0.2) is 0 Å². The standard InChI is InChI=1S/C19H20ClN3O4/c1-13(19(25)21-2)22(12-14-6-5-8-16(20)10-14)18(24)11-15-7-3-4-9-17(15)23(26)27/h3-10,13H,11-12H2,1-2H3,(H,21,25)/t13-/m1/s1. The molecule has 1 atom stereocenters. The minimum absolute atomic E-state index is 0.124. The lowest BCUT2D eigenvalue weighted by atomic mass is 10.1. The zero-order valence-electron chi connectivity index (χ0n) is 15.0. The summed E-state index contributed by atoms with van der Waals surface area (Å²) >= 11 is 6.00. The summed E-state index contributed by atoms with van der Waals surface area (Å²) < 4.78 is 0. The molecule has 0 aromatic heterocycles. The maximum Gasteiger partial charge on any atom is 0.273 e. The number of nitro benzene ring substituents is 1. The van der Waals surface area contributed by atoms with E-state index in [1.807, 2.05) is 0 Å². The van der Waals surface area contributed by atoms with Crippen LogP contribution in [0.5, 0.6) is 0 Å². The van der Waals surface area contributed by atoms with Gasteiger partial charge in [0.05, 0.1) is 11.3 Å². The number of nitrogens with one attached hydrogen (secondary N) is 1. The van der Waals surface area contributed by atoms with Crippen LogP contribution in [-0.2, 0) is 22.6 Å². The first kappa shape index (κ1) is 20.4. The van der Waals surface area contributed by atoms with Crippen molar-refractivity contribution in [2.24, 2.45) is 0 Å². The largest absolute Gasteiger partial charge is 0.357 e. The molecule has 0 aliphatic rings. The number of nitrogens with zero attached hydrogens (tertiary/aromatic N) is 2. The van der Waals surface area contributed by atoms with Crippen LogP contribution in [0.3, 0.4) is 0 Å². The molecule has 0 bridgehead atoms. The highest BCUT2D eigenvalue weighted by Gasteiger charge is 2.27. The van der Waals surface area contributed by atoms with Gasteiger partial charge in [0.25, 0.3) is 5.69 Å². The quantitative estimate of drug-likeness (QED) is 0.582. The molecule has 8 heteroatoms. The van der Waals surface area contributed by atoms with E-state index < -0.39 is 11.0 Å². The smallest absolute Gasteiger partial charge is 0.273 e. The van der Waals surface area contributed by atoms with Gasteiger partial charge >= 0.3 is 0 Å². The number of hydrogen-bond donors (Lipinski definition) is 1. The number of nitro groups is 1. The highest BCUT2D eigenvalue weighted by molar-refractivity contribution is 6.30. The normalized spacial score (nSPS) is 11.5. The number of rotatable bonds is 7. The van der Waals surface area contributed by atoms with Crippen LogP contribution in [0.15, 0.2) is 48.5 Å². The number of likely N-dealkylation sites (N-methyl/N-ethyl adjacent to an activating group) is 1. The van der Waals surface area contributed by atoms with E-state index in [0.717, 1.165) is 5.56 Å². The Labute approximate surface area is 162 Å². The third kappa shape index (κ3) is 5.27. The van der Waals surface area contributed by atoms with E-state index >= 15 is 0 Å². The van der Waals surface area contributed by atoms with Crippen molar-refractivity contribution in [2.75, 3.05) is 7.05 Å². The van der Waals surface area contributed by atoms with Gasteiger partial charge < -0.3 is 10.2 Å². The molecule has 1 N–H and O–H groups in total. The first-order valence-electron chi connectivity index (χ1n) is 8.31. The Morgan fingerprint density at radius 1 is 1.22 bits per heavy atom. The number of para-hydroxylation sites is 1. The van der Waals surface area contributed by atoms with Gasteiger partial charge in [-0.2, -0.15) is 0 Å². The minimum atomic E-state index is -0.746. The molecule has 2 amide bonds. The van der Waals surface area contributed by atoms with Crippen molar-refractivity contribution >= 4 is 29.1 Å². The van der Waals surface area contributed by atoms with Gasteiger partial charge in [0, 0.05) is 30.2 Å². The summed E-state index contributed by atoms with van der Waals surface area (Å²) in [5, 5.41) is 14.2. The van der Waals surface area contributed by atoms with E-state index in [9.17, 15) is 19.7 Å². The van der Waals surface area contributed by atoms with Crippen LogP contribution in [0.25, 0.3) is 0 Å². The van der Waals surface area contributed by atoms with Gasteiger partial charge in [0.1, 0.15) is 6.04 Å². The number of hydrogen-bond acceptors (Lipinski definition) is 4. The van der Waals surface area contributed by atoms with E-state index in [4.69, 9.17) is 11.6 Å². The number of carbonyl (C=O) groups is 2. The summed E-state index contributed by atoms with van der Waals surface area (Å²) in [4.78, 5) is 37.1. The van der Waals surface area contributed by atoms with Crippen molar-refractivity contribution < 1.29 is 14.5 Å². The highest BCUT2D eigenvalue weighted by atomic mass is 35.5. The van der Waals surface area contributed by atoms with Crippen molar-refractivity contribution in [3.63, 3.8) is 0 Å². The van der Waals surface area contributed by atoms with Crippen LogP contribution in [0.1, 0.15) is 18.1 Å². The molecule has 0 radical (unpaired) electrons. The number of halogens is 1. The van der Waals surface area contributed by atoms with Crippen molar-refractivity contribution in [3.05, 3.63) is 74.8 Å². The molecule has 0 spiro atoms. The molecule has 2 aromatic rings. The van der Waals surface area contributed by atoms with Crippen LogP contribution in [0.2, 0.25) is 5.02 Å². The fraction of sp³-hybridized carbons (Fsp3) is 0.263. The Kier molecular flexibility index (Phi) is 6.90. The monoisotopic (exact) mass is 389 g/mol. The number of benzene rings is 2. The molecule has 0 fully saturated rings. The molecular weight excluding hydrogens is 370 g/mol. The predicted octanol–water partition coefficient (Wildman–Crippen LogP) is 2.95. The average molecular weight is 390 g/mol. The Hall–Kier alpha value is -2.93. The van der Waals surface area contributed by atoms with Gasteiger partial charge in [-0.05, 0) is 24.6 Å². The van der Waals surface area contributed by atoms with E-state index in [2.05, 4.69) is 5.32 Å². The summed E-state index contributed by atoms with van der Waals surface area (Å²) in [5.41, 5.74) is 0.933. The van der Waals surface area contributed by atoms with E-state index in [-0.39, 0.29) is 30.5 Å². The van der Waals surface area contributed by atoms with Crippen LogP contribution in [0, 0.1) is 10.1 Å². The maximum atomic E-state index is 12.9. The molecule has 2 aromatic carbocycles. The summed E-state index contributed by atoms with van der Waals surface area (Å²) in [6.45, 7) is 1.77. The molecule has 0 aliphatic heterocycles. The molecule has 0 unspecified atom stereocenters. The number of carbonyl (C=O) groups excluding carboxylic acids is 2. The Balaban J connectivity index is 2.31. The van der Waals surface area contributed by atoms with E-state index in [0.29, 0.717) is 10.6 Å². The summed E-state index contributed by atoms with van der Waals surface area (Å²) in [6.07, 6.45) is -0.181. The van der Waals surface area contributed by atoms with Crippen LogP contribution < -0.4 is 5.32 Å². The van der Waals surface area contributed by atoms with Crippen LogP contribution in [-0.4, -0.2) is 34.7 Å². The lowest BCUT2D eigenvalue weighted by molar-refractivity contribution is -0.385.